The number of urea groups is 2. The van der Waals surface area contributed by atoms with Gasteiger partial charge in [-0.2, -0.15) is 0 Å². The molecule has 6 amide bonds. The molecule has 0 saturated heterocycles. The Morgan fingerprint density at radius 3 is 1.24 bits per heavy atom. The van der Waals surface area contributed by atoms with Crippen LogP contribution in [0.1, 0.15) is 89.9 Å². The van der Waals surface area contributed by atoms with Gasteiger partial charge in [-0.3, -0.25) is 0 Å². The minimum Gasteiger partial charge on any atom is -0.450 e. The molecule has 0 aromatic carbocycles. The molecule has 0 fully saturated rings. The predicted molar refractivity (Wildman–Crippen MR) is 181 cm³/mol. The molecule has 14 nitrogen and oxygen atoms in total. The smallest absolute Gasteiger partial charge is 0.407 e. The highest BCUT2D eigenvalue weighted by atomic mass is 16.6. The number of ether oxygens (including phenoxy) is 2. The molecule has 0 aliphatic carbocycles. The average molecular weight is 660 g/mol. The predicted octanol–water partition coefficient (Wildman–Crippen LogP) is 3.74. The molecule has 14 heteroatoms. The third-order valence-electron chi connectivity index (χ3n) is 7.04. The van der Waals surface area contributed by atoms with Gasteiger partial charge in [0.15, 0.2) is 0 Å². The minimum absolute atomic E-state index is 0.167. The van der Waals surface area contributed by atoms with Crippen molar-refractivity contribution in [3.8, 4) is 0 Å². The van der Waals surface area contributed by atoms with Crippen molar-refractivity contribution in [2.75, 3.05) is 93.8 Å². The zero-order chi connectivity index (χ0) is 34.3. The first-order chi connectivity index (χ1) is 22.2. The van der Waals surface area contributed by atoms with Gasteiger partial charge in [0.25, 0.3) is 0 Å². The van der Waals surface area contributed by atoms with E-state index < -0.39 is 24.2 Å². The number of aliphatic hydroxyl groups is 1. The molecule has 0 spiro atoms. The lowest BCUT2D eigenvalue weighted by atomic mass is 10.2. The van der Waals surface area contributed by atoms with Crippen LogP contribution < -0.4 is 21.3 Å². The third-order valence-corrected chi connectivity index (χ3v) is 7.04. The summed E-state index contributed by atoms with van der Waals surface area (Å²) in [5.74, 6) is 0. The lowest BCUT2D eigenvalue weighted by Gasteiger charge is -2.22. The minimum atomic E-state index is -0.407. The molecule has 0 aliphatic rings. The maximum Gasteiger partial charge on any atom is 0.407 e. The topological polar surface area (TPSA) is 165 Å². The molecule has 0 aromatic heterocycles. The van der Waals surface area contributed by atoms with Gasteiger partial charge in [-0.15, -0.1) is 0 Å². The zero-order valence-electron chi connectivity index (χ0n) is 29.2. The van der Waals surface area contributed by atoms with Crippen LogP contribution in [-0.2, 0) is 9.47 Å². The van der Waals surface area contributed by atoms with Gasteiger partial charge >= 0.3 is 24.2 Å². The van der Waals surface area contributed by atoms with Crippen LogP contribution in [0.3, 0.4) is 0 Å². The van der Waals surface area contributed by atoms with Crippen molar-refractivity contribution in [3.63, 3.8) is 0 Å². The van der Waals surface area contributed by atoms with Crippen molar-refractivity contribution in [2.24, 2.45) is 0 Å². The molecular weight excluding hydrogens is 594 g/mol. The fraction of sp³-hybridized carbons (Fsp3) is 0.875. The molecule has 0 radical (unpaired) electrons. The molecule has 270 valence electrons. The van der Waals surface area contributed by atoms with E-state index in [0.29, 0.717) is 52.4 Å². The third kappa shape index (κ3) is 28.6. The summed E-state index contributed by atoms with van der Waals surface area (Å²) in [6, 6.07) is -0.812. The van der Waals surface area contributed by atoms with Crippen molar-refractivity contribution in [2.45, 2.75) is 89.9 Å². The SMILES string of the molecule is CN(C)CCCOC(=O)NCCCCCCNC(=O)N(CCCCCCNC(=O)OCCCN(C)C)C(=O)NCCCCCCO. The molecule has 0 bridgehead atoms. The normalized spacial score (nSPS) is 10.9. The molecule has 0 rings (SSSR count). The first-order valence-electron chi connectivity index (χ1n) is 17.2. The number of amides is 6. The lowest BCUT2D eigenvalue weighted by Crippen LogP contribution is -2.49. The second-order valence-electron chi connectivity index (χ2n) is 12.0. The van der Waals surface area contributed by atoms with E-state index in [1.54, 1.807) is 0 Å². The number of hydrogen-bond acceptors (Lipinski definition) is 9. The second-order valence-corrected chi connectivity index (χ2v) is 12.0. The second kappa shape index (κ2) is 30.8. The number of aliphatic hydroxyl groups excluding tert-OH is 1. The number of carbonyl (C=O) groups is 4. The standard InChI is InChI=1S/C32H65N7O7/c1-37(2)23-17-27-45-31(43)35-21-13-6-5-11-19-33-29(41)39(30(42)34-20-12-8-10-16-26-40)25-15-9-7-14-22-36-32(44)46-28-18-24-38(3)4/h40H,5-28H2,1-4H3,(H,33,41)(H,34,42)(H,35,43)(H,36,44). The first kappa shape index (κ1) is 43.2. The van der Waals surface area contributed by atoms with E-state index in [9.17, 15) is 19.2 Å². The molecule has 0 unspecified atom stereocenters. The van der Waals surface area contributed by atoms with Gasteiger partial charge in [-0.1, -0.05) is 38.5 Å². The Morgan fingerprint density at radius 1 is 0.478 bits per heavy atom. The molecular formula is C32H65N7O7. The molecule has 0 atom stereocenters. The first-order valence-corrected chi connectivity index (χ1v) is 17.2. The molecule has 0 saturated carbocycles. The van der Waals surface area contributed by atoms with Crippen LogP contribution >= 0.6 is 0 Å². The van der Waals surface area contributed by atoms with Crippen LogP contribution in [-0.4, -0.2) is 138 Å². The number of nitrogens with one attached hydrogen (secondary N) is 4. The summed E-state index contributed by atoms with van der Waals surface area (Å²) in [5, 5.41) is 20.2. The van der Waals surface area contributed by atoms with Crippen molar-refractivity contribution in [3.05, 3.63) is 0 Å². The quantitative estimate of drug-likeness (QED) is 0.0787. The van der Waals surface area contributed by atoms with Gasteiger partial charge in [-0.05, 0) is 79.6 Å². The van der Waals surface area contributed by atoms with Crippen molar-refractivity contribution >= 4 is 24.2 Å². The summed E-state index contributed by atoms with van der Waals surface area (Å²) < 4.78 is 10.3. The Balaban J connectivity index is 4.28. The van der Waals surface area contributed by atoms with Crippen molar-refractivity contribution < 1.29 is 33.8 Å². The summed E-state index contributed by atoms with van der Waals surface area (Å²) in [5.41, 5.74) is 0. The Labute approximate surface area is 277 Å². The molecule has 0 aliphatic heterocycles. The van der Waals surface area contributed by atoms with Crippen LogP contribution in [0.2, 0.25) is 0 Å². The number of imide groups is 1. The maximum atomic E-state index is 12.9. The Morgan fingerprint density at radius 2 is 0.848 bits per heavy atom. The van der Waals surface area contributed by atoms with Crippen molar-refractivity contribution in [1.29, 1.82) is 0 Å². The number of alkyl carbamates (subject to hydrolysis) is 2. The van der Waals surface area contributed by atoms with Gasteiger partial charge in [0.2, 0.25) is 0 Å². The summed E-state index contributed by atoms with van der Waals surface area (Å²) in [7, 11) is 7.90. The Kier molecular flexibility index (Phi) is 28.9. The molecule has 46 heavy (non-hydrogen) atoms. The van der Waals surface area contributed by atoms with Gasteiger partial charge in [0, 0.05) is 52.4 Å². The van der Waals surface area contributed by atoms with E-state index >= 15 is 0 Å². The highest BCUT2D eigenvalue weighted by Crippen LogP contribution is 2.05. The molecule has 0 aromatic rings. The van der Waals surface area contributed by atoms with Gasteiger partial charge in [0.05, 0.1) is 13.2 Å². The highest BCUT2D eigenvalue weighted by Gasteiger charge is 2.20. The van der Waals surface area contributed by atoms with Crippen LogP contribution in [0.25, 0.3) is 0 Å². The molecule has 5 N–H and O–H groups in total. The summed E-state index contributed by atoms with van der Waals surface area (Å²) in [4.78, 5) is 54.5. The van der Waals surface area contributed by atoms with Crippen molar-refractivity contribution in [1.82, 2.24) is 36.0 Å². The Hall–Kier alpha value is -2.84. The summed E-state index contributed by atoms with van der Waals surface area (Å²) in [6.45, 7) is 4.99. The van der Waals surface area contributed by atoms with Crippen LogP contribution in [0.4, 0.5) is 19.2 Å². The summed E-state index contributed by atoms with van der Waals surface area (Å²) >= 11 is 0. The largest absolute Gasteiger partial charge is 0.450 e. The number of hydrogen-bond donors (Lipinski definition) is 5. The highest BCUT2D eigenvalue weighted by molar-refractivity contribution is 5.93. The number of unbranched alkanes of at least 4 members (excludes halogenated alkanes) is 9. The molecule has 0 heterocycles. The lowest BCUT2D eigenvalue weighted by molar-refractivity contribution is 0.140. The Bertz CT molecular complexity index is 788. The number of rotatable bonds is 28. The van der Waals surface area contributed by atoms with E-state index in [0.717, 1.165) is 96.6 Å². The van der Waals surface area contributed by atoms with Gasteiger partial charge < -0.3 is 45.6 Å². The zero-order valence-corrected chi connectivity index (χ0v) is 29.2. The van der Waals surface area contributed by atoms with Crippen LogP contribution in [0.15, 0.2) is 0 Å². The van der Waals surface area contributed by atoms with Gasteiger partial charge in [0.1, 0.15) is 0 Å². The van der Waals surface area contributed by atoms with E-state index in [1.807, 2.05) is 38.0 Å². The fourth-order valence-electron chi connectivity index (χ4n) is 4.39. The van der Waals surface area contributed by atoms with Crippen LogP contribution in [0.5, 0.6) is 0 Å². The fourth-order valence-corrected chi connectivity index (χ4v) is 4.39. The van der Waals surface area contributed by atoms with E-state index in [-0.39, 0.29) is 6.61 Å². The van der Waals surface area contributed by atoms with Gasteiger partial charge in [-0.25, -0.2) is 24.1 Å². The average Bonchev–Trinajstić information content (AvgIpc) is 3.01. The van der Waals surface area contributed by atoms with E-state index in [1.165, 1.54) is 4.90 Å². The summed E-state index contributed by atoms with van der Waals surface area (Å²) in [6.07, 6.45) is 10.6. The maximum absolute atomic E-state index is 12.9. The van der Waals surface area contributed by atoms with Crippen LogP contribution in [0, 0.1) is 0 Å². The van der Waals surface area contributed by atoms with E-state index in [2.05, 4.69) is 21.3 Å². The number of nitrogens with zero attached hydrogens (tertiary/aromatic N) is 3. The number of carbonyl (C=O) groups excluding carboxylic acids is 4. The van der Waals surface area contributed by atoms with E-state index in [4.69, 9.17) is 14.6 Å². The monoisotopic (exact) mass is 659 g/mol.